The molecule has 260 valence electrons. The van der Waals surface area contributed by atoms with Crippen LogP contribution in [0.5, 0.6) is 0 Å². The van der Waals surface area contributed by atoms with Crippen LogP contribution < -0.4 is 24.8 Å². The third-order valence-corrected chi connectivity index (χ3v) is 18.7. The van der Waals surface area contributed by atoms with Crippen LogP contribution in [0.3, 0.4) is 0 Å². The van der Waals surface area contributed by atoms with Crippen molar-refractivity contribution in [2.45, 2.75) is 60.4 Å². The molecule has 0 aromatic heterocycles. The van der Waals surface area contributed by atoms with E-state index in [1.807, 2.05) is 0 Å². The quantitative estimate of drug-likeness (QED) is 0.162. The molecule has 0 saturated heterocycles. The van der Waals surface area contributed by atoms with Crippen LogP contribution in [0.15, 0.2) is 96.1 Å². The van der Waals surface area contributed by atoms with Crippen molar-refractivity contribution < 1.29 is 74.4 Å². The first-order valence-corrected chi connectivity index (χ1v) is 22.2. The minimum atomic E-state index is -4.41. The van der Waals surface area contributed by atoms with Gasteiger partial charge in [0, 0.05) is 0 Å². The van der Waals surface area contributed by atoms with E-state index in [9.17, 15) is 26.3 Å². The zero-order valence-electron chi connectivity index (χ0n) is 28.4. The summed E-state index contributed by atoms with van der Waals surface area (Å²) in [4.78, 5) is 0. The fraction of sp³-hybridized carbons (Fsp3) is 0.300. The number of benzene rings is 4. The molecule has 0 amide bonds. The molecule has 0 radical (unpaired) electrons. The van der Waals surface area contributed by atoms with Crippen molar-refractivity contribution in [3.8, 4) is 22.3 Å². The number of allylic oxidation sites excluding steroid dienone is 2. The van der Waals surface area contributed by atoms with Crippen LogP contribution in [0, 0.1) is 11.8 Å². The number of hydrogen-bond acceptors (Lipinski definition) is 0. The summed E-state index contributed by atoms with van der Waals surface area (Å²) in [6.07, 6.45) is -8.81. The molecule has 7 rings (SSSR count). The summed E-state index contributed by atoms with van der Waals surface area (Å²) in [5, 5.41) is 2.80. The second-order valence-corrected chi connectivity index (χ2v) is 22.2. The Morgan fingerprint density at radius 1 is 0.540 bits per heavy atom. The number of hydrogen-bond donors (Lipinski definition) is 0. The van der Waals surface area contributed by atoms with E-state index in [1.54, 1.807) is 24.3 Å². The Bertz CT molecular complexity index is 1860. The zero-order chi connectivity index (χ0) is 34.5. The van der Waals surface area contributed by atoms with Gasteiger partial charge in [-0.2, -0.15) is 0 Å². The van der Waals surface area contributed by atoms with Crippen molar-refractivity contribution in [3.63, 3.8) is 0 Å². The molecule has 4 bridgehead atoms. The predicted octanol–water partition coefficient (Wildman–Crippen LogP) is 6.58. The summed E-state index contributed by atoms with van der Waals surface area (Å²) in [5.74, 6) is 0.590. The topological polar surface area (TPSA) is 0 Å². The summed E-state index contributed by atoms with van der Waals surface area (Å²) in [5.41, 5.74) is 10.3. The number of fused-ring (bicyclic) bond motifs is 8. The molecule has 2 atom stereocenters. The normalized spacial score (nSPS) is 18.8. The van der Waals surface area contributed by atoms with Gasteiger partial charge in [-0.05, 0) is 0 Å². The van der Waals surface area contributed by atoms with Crippen LogP contribution in [0.1, 0.15) is 68.3 Å². The summed E-state index contributed by atoms with van der Waals surface area (Å²) in [6.45, 7) is 13.9. The maximum absolute atomic E-state index is 13.5. The molecule has 1 aliphatic heterocycles. The van der Waals surface area contributed by atoms with E-state index in [4.69, 9.17) is 0 Å². The summed E-state index contributed by atoms with van der Waals surface area (Å²) >= 11 is -1.32. The Kier molecular flexibility index (Phi) is 10.5. The fourth-order valence-electron chi connectivity index (χ4n) is 8.49. The molecular formula is C40H36Cl2F6SiZr. The zero-order valence-corrected chi connectivity index (χ0v) is 33.4. The van der Waals surface area contributed by atoms with Gasteiger partial charge in [-0.3, -0.25) is 0 Å². The molecule has 0 saturated carbocycles. The molecule has 1 heterocycles. The molecule has 4 aromatic carbocycles. The number of alkyl halides is 6. The SMILES string of the molecule is CC(C)C1=C2c3c(-c4ccc(C(F)(F)F)cc4)cccc3[CH]1[Zr+2][CH]1C(C(C)C)=C(c3c(-c4ccc(C(F)(F)F)cc4)cccc31)[Si]2(C)C.[Cl-].[Cl-]. The molecule has 4 aromatic rings. The molecule has 50 heavy (non-hydrogen) atoms. The molecule has 0 N–H and O–H groups in total. The first-order valence-electron chi connectivity index (χ1n) is 16.4. The van der Waals surface area contributed by atoms with Crippen LogP contribution in [0.4, 0.5) is 26.3 Å². The van der Waals surface area contributed by atoms with Crippen molar-refractivity contribution in [2.24, 2.45) is 11.8 Å². The van der Waals surface area contributed by atoms with Crippen LogP contribution in [0.2, 0.25) is 13.1 Å². The Morgan fingerprint density at radius 2 is 0.880 bits per heavy atom. The summed E-state index contributed by atoms with van der Waals surface area (Å²) in [6, 6.07) is 23.9. The Morgan fingerprint density at radius 3 is 1.18 bits per heavy atom. The van der Waals surface area contributed by atoms with Crippen molar-refractivity contribution in [1.82, 2.24) is 0 Å². The average Bonchev–Trinajstić information content (AvgIpc) is 3.56. The number of halogens is 8. The predicted molar refractivity (Wildman–Crippen MR) is 180 cm³/mol. The van der Waals surface area contributed by atoms with E-state index in [-0.39, 0.29) is 24.8 Å². The van der Waals surface area contributed by atoms with Crippen LogP contribution >= 0.6 is 0 Å². The van der Waals surface area contributed by atoms with Crippen molar-refractivity contribution >= 4 is 18.5 Å². The summed E-state index contributed by atoms with van der Waals surface area (Å²) < 4.78 is 81.8. The van der Waals surface area contributed by atoms with Gasteiger partial charge in [0.25, 0.3) is 0 Å². The third kappa shape index (κ3) is 6.14. The first kappa shape index (κ1) is 38.8. The van der Waals surface area contributed by atoms with E-state index in [1.165, 1.54) is 68.1 Å². The van der Waals surface area contributed by atoms with Crippen LogP contribution in [0.25, 0.3) is 32.6 Å². The fourth-order valence-corrected chi connectivity index (χ4v) is 19.7. The van der Waals surface area contributed by atoms with Crippen LogP contribution in [-0.4, -0.2) is 8.07 Å². The van der Waals surface area contributed by atoms with Crippen molar-refractivity contribution in [2.75, 3.05) is 0 Å². The monoisotopic (exact) mass is 818 g/mol. The molecule has 0 spiro atoms. The van der Waals surface area contributed by atoms with Gasteiger partial charge in [0.05, 0.1) is 0 Å². The standard InChI is InChI=1S/C40H36F6Si.2ClH.Zr/c1-23(2)33-21-27-9-7-11-31(25-13-17-29(18-14-25)39(41,42)43)35(27)37(33)47(5,6)38-34(24(3)4)22-28-10-8-12-32(36(28)38)26-15-19-30(20-16-26)40(44,45)46;;;/h7-24H,1-6H3;2*1H;/q;;;+2/p-2. The van der Waals surface area contributed by atoms with Gasteiger partial charge in [-0.1, -0.05) is 0 Å². The van der Waals surface area contributed by atoms with E-state index in [2.05, 4.69) is 77.2 Å². The molecule has 0 nitrogen and oxygen atoms in total. The van der Waals surface area contributed by atoms with Gasteiger partial charge in [0.1, 0.15) is 0 Å². The maximum Gasteiger partial charge on any atom is -1.00 e. The van der Waals surface area contributed by atoms with Gasteiger partial charge in [0.2, 0.25) is 0 Å². The third-order valence-electron chi connectivity index (χ3n) is 10.4. The summed E-state index contributed by atoms with van der Waals surface area (Å²) in [7, 11) is -2.59. The van der Waals surface area contributed by atoms with Gasteiger partial charge in [-0.25, -0.2) is 0 Å². The molecule has 10 heteroatoms. The van der Waals surface area contributed by atoms with E-state index >= 15 is 0 Å². The van der Waals surface area contributed by atoms with E-state index in [0.717, 1.165) is 22.3 Å². The van der Waals surface area contributed by atoms with Crippen LogP contribution in [-0.2, 0) is 35.6 Å². The minimum absolute atomic E-state index is 0. The van der Waals surface area contributed by atoms with Gasteiger partial charge < -0.3 is 24.8 Å². The largest absolute Gasteiger partial charge is 1.00 e. The second-order valence-electron chi connectivity index (χ2n) is 14.3. The van der Waals surface area contributed by atoms with E-state index < -0.39 is 54.8 Å². The Labute approximate surface area is 314 Å². The van der Waals surface area contributed by atoms with Gasteiger partial charge in [0.15, 0.2) is 0 Å². The molecular weight excluding hydrogens is 785 g/mol. The molecule has 2 aliphatic carbocycles. The van der Waals surface area contributed by atoms with Crippen molar-refractivity contribution in [1.29, 1.82) is 0 Å². The van der Waals surface area contributed by atoms with Gasteiger partial charge in [-0.15, -0.1) is 0 Å². The molecule has 2 unspecified atom stereocenters. The first-order chi connectivity index (χ1) is 22.5. The molecule has 3 aliphatic rings. The maximum atomic E-state index is 13.5. The minimum Gasteiger partial charge on any atom is -1.00 e. The average molecular weight is 821 g/mol. The Balaban J connectivity index is 0.00000243. The van der Waals surface area contributed by atoms with Crippen molar-refractivity contribution in [3.05, 3.63) is 129 Å². The number of rotatable bonds is 4. The van der Waals surface area contributed by atoms with E-state index in [0.29, 0.717) is 19.1 Å². The molecule has 0 fully saturated rings. The Hall–Kier alpha value is -2.38. The smallest absolute Gasteiger partial charge is 1.00 e. The van der Waals surface area contributed by atoms with Gasteiger partial charge >= 0.3 is 292 Å². The second kappa shape index (κ2) is 13.5.